The summed E-state index contributed by atoms with van der Waals surface area (Å²) in [5, 5.41) is 28.8. The van der Waals surface area contributed by atoms with Gasteiger partial charge in [0.1, 0.15) is 12.1 Å². The molecule has 2 amide bonds. The van der Waals surface area contributed by atoms with Gasteiger partial charge in [-0.15, -0.1) is 0 Å². The summed E-state index contributed by atoms with van der Waals surface area (Å²) in [6.07, 6.45) is 0.584. The van der Waals surface area contributed by atoms with Crippen molar-refractivity contribution in [3.63, 3.8) is 0 Å². The number of methoxy groups -OCH3 is 3. The molecular formula is C34H46BN3O7. The van der Waals surface area contributed by atoms with E-state index in [-0.39, 0.29) is 18.3 Å². The van der Waals surface area contributed by atoms with Gasteiger partial charge in [-0.05, 0) is 59.2 Å². The quantitative estimate of drug-likeness (QED) is 0.151. The molecule has 0 aliphatic heterocycles. The Kier molecular flexibility index (Phi) is 13.1. The Labute approximate surface area is 266 Å². The number of nitrogens with one attached hydrogen (secondary N) is 3. The predicted octanol–water partition coefficient (Wildman–Crippen LogP) is 4.09. The van der Waals surface area contributed by atoms with Gasteiger partial charge in [0, 0.05) is 12.1 Å². The van der Waals surface area contributed by atoms with Gasteiger partial charge in [-0.25, -0.2) is 0 Å². The molecule has 45 heavy (non-hydrogen) atoms. The Balaban J connectivity index is 1.95. The molecule has 5 N–H and O–H groups in total. The molecule has 0 aromatic heterocycles. The zero-order chi connectivity index (χ0) is 33.1. The third-order valence-corrected chi connectivity index (χ3v) is 7.45. The van der Waals surface area contributed by atoms with E-state index in [0.29, 0.717) is 23.7 Å². The maximum Gasteiger partial charge on any atom is 0.475 e. The van der Waals surface area contributed by atoms with Crippen molar-refractivity contribution >= 4 is 24.6 Å². The Morgan fingerprint density at radius 3 is 1.93 bits per heavy atom. The fourth-order valence-corrected chi connectivity index (χ4v) is 5.14. The molecule has 3 aromatic carbocycles. The topological polar surface area (TPSA) is 138 Å². The minimum absolute atomic E-state index is 0.114. The Bertz CT molecular complexity index is 1380. The highest BCUT2D eigenvalue weighted by Crippen LogP contribution is 2.38. The van der Waals surface area contributed by atoms with E-state index in [1.807, 2.05) is 82.3 Å². The lowest BCUT2D eigenvalue weighted by Gasteiger charge is -2.28. The van der Waals surface area contributed by atoms with Crippen LogP contribution in [-0.4, -0.2) is 68.3 Å². The van der Waals surface area contributed by atoms with Crippen LogP contribution in [0.1, 0.15) is 39.7 Å². The van der Waals surface area contributed by atoms with Gasteiger partial charge < -0.3 is 40.2 Å². The molecule has 0 radical (unpaired) electrons. The number of carbonyl (C=O) groups excluding carboxylic acids is 2. The average Bonchev–Trinajstić information content (AvgIpc) is 3.02. The van der Waals surface area contributed by atoms with Gasteiger partial charge in [0.05, 0.1) is 27.3 Å². The van der Waals surface area contributed by atoms with Gasteiger partial charge in [0.25, 0.3) is 0 Å². The van der Waals surface area contributed by atoms with Crippen molar-refractivity contribution in [2.24, 2.45) is 11.8 Å². The summed E-state index contributed by atoms with van der Waals surface area (Å²) in [6, 6.07) is 19.5. The van der Waals surface area contributed by atoms with Gasteiger partial charge in [-0.2, -0.15) is 0 Å². The number of benzene rings is 3. The number of amides is 2. The second-order valence-electron chi connectivity index (χ2n) is 11.8. The first-order valence-corrected chi connectivity index (χ1v) is 15.1. The zero-order valence-electron chi connectivity index (χ0n) is 27.2. The van der Waals surface area contributed by atoms with Crippen LogP contribution in [0.3, 0.4) is 0 Å². The first-order valence-electron chi connectivity index (χ1n) is 15.1. The fraction of sp³-hybridized carbons (Fsp3) is 0.412. The summed E-state index contributed by atoms with van der Waals surface area (Å²) in [5.41, 5.74) is 3.47. The van der Waals surface area contributed by atoms with Crippen LogP contribution in [0.15, 0.2) is 66.7 Å². The van der Waals surface area contributed by atoms with Crippen LogP contribution in [0.4, 0.5) is 5.69 Å². The average molecular weight is 620 g/mol. The van der Waals surface area contributed by atoms with E-state index in [4.69, 9.17) is 14.2 Å². The van der Waals surface area contributed by atoms with E-state index < -0.39 is 37.0 Å². The number of hydrogen-bond donors (Lipinski definition) is 5. The highest BCUT2D eigenvalue weighted by molar-refractivity contribution is 6.43. The summed E-state index contributed by atoms with van der Waals surface area (Å²) in [6.45, 7) is 7.50. The van der Waals surface area contributed by atoms with Gasteiger partial charge in [-0.1, -0.05) is 70.2 Å². The van der Waals surface area contributed by atoms with Crippen molar-refractivity contribution in [2.45, 2.75) is 58.6 Å². The van der Waals surface area contributed by atoms with Crippen molar-refractivity contribution in [1.82, 2.24) is 10.6 Å². The standard InChI is InChI=1S/C34H46BN3O7/c1-21(2)16-30(35(41)42)37-34(40)31(22(3)4)38-33(39)27(17-23-18-28(43-5)32(45-7)29(19-23)44-6)36-26-15-11-14-25(20-26)24-12-9-8-10-13-24/h8-15,18-22,27,30-31,36,41-42H,16-17H2,1-7H3,(H,37,40)(H,38,39)/t27-,30-,31-/m0/s1. The van der Waals surface area contributed by atoms with Crippen LogP contribution in [0.5, 0.6) is 17.2 Å². The second kappa shape index (κ2) is 16.7. The van der Waals surface area contributed by atoms with Gasteiger partial charge >= 0.3 is 7.12 Å². The summed E-state index contributed by atoms with van der Waals surface area (Å²) < 4.78 is 16.5. The number of hydrogen-bond acceptors (Lipinski definition) is 8. The Morgan fingerprint density at radius 1 is 0.778 bits per heavy atom. The molecule has 0 saturated heterocycles. The van der Waals surface area contributed by atoms with E-state index in [1.165, 1.54) is 21.3 Å². The van der Waals surface area contributed by atoms with Gasteiger partial charge in [0.2, 0.25) is 17.6 Å². The van der Waals surface area contributed by atoms with E-state index >= 15 is 0 Å². The van der Waals surface area contributed by atoms with Crippen LogP contribution in [0, 0.1) is 11.8 Å². The second-order valence-corrected chi connectivity index (χ2v) is 11.8. The maximum atomic E-state index is 14.0. The molecule has 0 saturated carbocycles. The molecule has 0 heterocycles. The SMILES string of the molecule is COc1cc(C[C@H](Nc2cccc(-c3ccccc3)c2)C(=O)N[C@H](C(=O)N[C@@H](CC(C)C)B(O)O)C(C)C)cc(OC)c1OC. The Hall–Kier alpha value is -4.22. The van der Waals surface area contributed by atoms with E-state index in [1.54, 1.807) is 12.1 Å². The van der Waals surface area contributed by atoms with Crippen LogP contribution < -0.4 is 30.2 Å². The number of carbonyl (C=O) groups is 2. The molecule has 3 atom stereocenters. The highest BCUT2D eigenvalue weighted by Gasteiger charge is 2.33. The molecule has 0 fully saturated rings. The summed E-state index contributed by atoms with van der Waals surface area (Å²) in [7, 11) is 2.85. The lowest BCUT2D eigenvalue weighted by molar-refractivity contribution is -0.130. The molecule has 242 valence electrons. The molecule has 0 bridgehead atoms. The zero-order valence-corrected chi connectivity index (χ0v) is 27.2. The van der Waals surface area contributed by atoms with Crippen molar-refractivity contribution < 1.29 is 33.8 Å². The third-order valence-electron chi connectivity index (χ3n) is 7.45. The summed E-state index contributed by atoms with van der Waals surface area (Å²) in [4.78, 5) is 27.4. The minimum Gasteiger partial charge on any atom is -0.493 e. The lowest BCUT2D eigenvalue weighted by Crippen LogP contribution is -2.57. The number of rotatable bonds is 16. The normalized spacial score (nSPS) is 13.0. The summed E-state index contributed by atoms with van der Waals surface area (Å²) in [5.74, 6) is -0.597. The molecule has 3 rings (SSSR count). The van der Waals surface area contributed by atoms with E-state index in [9.17, 15) is 19.6 Å². The van der Waals surface area contributed by atoms with E-state index in [2.05, 4.69) is 16.0 Å². The highest BCUT2D eigenvalue weighted by atomic mass is 16.5. The molecular weight excluding hydrogens is 573 g/mol. The monoisotopic (exact) mass is 619 g/mol. The Morgan fingerprint density at radius 2 is 1.40 bits per heavy atom. The molecule has 10 nitrogen and oxygen atoms in total. The molecule has 0 aliphatic carbocycles. The smallest absolute Gasteiger partial charge is 0.475 e. The summed E-state index contributed by atoms with van der Waals surface area (Å²) >= 11 is 0. The van der Waals surface area contributed by atoms with Crippen LogP contribution in [-0.2, 0) is 16.0 Å². The molecule has 0 spiro atoms. The lowest BCUT2D eigenvalue weighted by atomic mass is 9.75. The van der Waals surface area contributed by atoms with Crippen molar-refractivity contribution in [1.29, 1.82) is 0 Å². The maximum absolute atomic E-state index is 14.0. The third kappa shape index (κ3) is 9.89. The van der Waals surface area contributed by atoms with Crippen molar-refractivity contribution in [3.8, 4) is 28.4 Å². The van der Waals surface area contributed by atoms with Crippen molar-refractivity contribution in [2.75, 3.05) is 26.6 Å². The van der Waals surface area contributed by atoms with Gasteiger partial charge in [-0.3, -0.25) is 9.59 Å². The number of ether oxygens (including phenoxy) is 3. The number of anilines is 1. The molecule has 3 aromatic rings. The van der Waals surface area contributed by atoms with Gasteiger partial charge in [0.15, 0.2) is 11.5 Å². The molecule has 0 unspecified atom stereocenters. The predicted molar refractivity (Wildman–Crippen MR) is 177 cm³/mol. The molecule has 0 aliphatic rings. The first kappa shape index (κ1) is 35.3. The van der Waals surface area contributed by atoms with Crippen molar-refractivity contribution in [3.05, 3.63) is 72.3 Å². The van der Waals surface area contributed by atoms with Crippen LogP contribution in [0.25, 0.3) is 11.1 Å². The first-order chi connectivity index (χ1) is 21.5. The van der Waals surface area contributed by atoms with Crippen LogP contribution in [0.2, 0.25) is 0 Å². The molecule has 11 heteroatoms. The van der Waals surface area contributed by atoms with E-state index in [0.717, 1.165) is 22.4 Å². The van der Waals surface area contributed by atoms with Crippen LogP contribution >= 0.6 is 0 Å². The minimum atomic E-state index is -1.73. The largest absolute Gasteiger partial charge is 0.493 e. The fourth-order valence-electron chi connectivity index (χ4n) is 5.14.